The fourth-order valence-corrected chi connectivity index (χ4v) is 5.79. The molecule has 7 nitrogen and oxygen atoms in total. The van der Waals surface area contributed by atoms with Crippen molar-refractivity contribution in [3.8, 4) is 11.3 Å². The zero-order valence-electron chi connectivity index (χ0n) is 19.6. The first kappa shape index (κ1) is 21.4. The molecule has 3 aromatic rings. The number of hydrogen-bond acceptors (Lipinski definition) is 5. The van der Waals surface area contributed by atoms with Crippen molar-refractivity contribution in [3.63, 3.8) is 0 Å². The molecular weight excluding hydrogens is 414 g/mol. The van der Waals surface area contributed by atoms with Gasteiger partial charge in [0, 0.05) is 23.4 Å². The maximum atomic E-state index is 12.9. The molecule has 0 aliphatic heterocycles. The molecule has 1 unspecified atom stereocenters. The normalized spacial score (nSPS) is 24.1. The minimum absolute atomic E-state index is 0.0606. The van der Waals surface area contributed by atoms with Crippen LogP contribution in [-0.2, 0) is 16.6 Å². The van der Waals surface area contributed by atoms with E-state index < -0.39 is 0 Å². The van der Waals surface area contributed by atoms with Crippen molar-refractivity contribution in [1.82, 2.24) is 14.9 Å². The highest BCUT2D eigenvalue weighted by atomic mass is 16.5. The molecule has 6 rings (SSSR count). The molecule has 0 spiro atoms. The number of carbonyl (C=O) groups excluding carboxylic acids is 1. The van der Waals surface area contributed by atoms with E-state index in [0.29, 0.717) is 28.4 Å². The fraction of sp³-hybridized carbons (Fsp3) is 0.462. The second-order valence-electron chi connectivity index (χ2n) is 10.5. The van der Waals surface area contributed by atoms with Gasteiger partial charge in [-0.05, 0) is 49.7 Å². The zero-order valence-corrected chi connectivity index (χ0v) is 19.6. The number of nitrogens with two attached hydrogens (primary N) is 1. The van der Waals surface area contributed by atoms with Gasteiger partial charge in [0.25, 0.3) is 5.69 Å². The lowest BCUT2D eigenvalue weighted by molar-refractivity contribution is -0.129. The Labute approximate surface area is 193 Å². The maximum Gasteiger partial charge on any atom is 0.254 e. The molecule has 3 aliphatic carbocycles. The van der Waals surface area contributed by atoms with Crippen LogP contribution in [0.4, 0.5) is 11.5 Å². The molecule has 1 atom stereocenters. The van der Waals surface area contributed by atoms with E-state index in [-0.39, 0.29) is 29.6 Å². The predicted molar refractivity (Wildman–Crippen MR) is 126 cm³/mol. The topological polar surface area (TPSA) is 91.3 Å². The largest absolute Gasteiger partial charge is 0.393 e. The molecule has 0 radical (unpaired) electrons. The third-order valence-corrected chi connectivity index (χ3v) is 7.44. The van der Waals surface area contributed by atoms with E-state index in [1.54, 1.807) is 4.68 Å². The summed E-state index contributed by atoms with van der Waals surface area (Å²) in [4.78, 5) is 16.5. The van der Waals surface area contributed by atoms with Crippen LogP contribution in [0.25, 0.3) is 16.1 Å². The lowest BCUT2D eigenvalue weighted by Crippen LogP contribution is -2.63. The summed E-state index contributed by atoms with van der Waals surface area (Å²) in [7, 11) is 0. The molecule has 3 fully saturated rings. The fourth-order valence-electron chi connectivity index (χ4n) is 5.79. The Morgan fingerprint density at radius 1 is 1.24 bits per heavy atom. The first-order chi connectivity index (χ1) is 15.6. The number of Topliss-reactive ketones (excluding diaryl/α,β-unsaturated/α-hetero) is 1. The van der Waals surface area contributed by atoms with Gasteiger partial charge in [-0.25, -0.2) is 4.85 Å². The molecule has 3 saturated carbocycles. The third-order valence-electron chi connectivity index (χ3n) is 7.44. The number of ketones is 1. The summed E-state index contributed by atoms with van der Waals surface area (Å²) >= 11 is 0. The van der Waals surface area contributed by atoms with Gasteiger partial charge in [0.2, 0.25) is 0 Å². The van der Waals surface area contributed by atoms with E-state index in [1.807, 2.05) is 51.1 Å². The molecule has 0 amide bonds. The molecule has 2 bridgehead atoms. The molecule has 2 heterocycles. The van der Waals surface area contributed by atoms with Crippen molar-refractivity contribution in [2.24, 2.45) is 5.41 Å². The lowest BCUT2D eigenvalue weighted by atomic mass is 9.35. The highest BCUT2D eigenvalue weighted by Crippen LogP contribution is 2.73. The molecule has 0 saturated heterocycles. The number of nitrogens with zero attached hydrogens (tertiary/aromatic N) is 4. The number of benzene rings is 1. The van der Waals surface area contributed by atoms with E-state index in [2.05, 4.69) is 22.0 Å². The van der Waals surface area contributed by atoms with Crippen LogP contribution >= 0.6 is 0 Å². The average Bonchev–Trinajstić information content (AvgIpc) is 3.34. The summed E-state index contributed by atoms with van der Waals surface area (Å²) in [6.07, 6.45) is 3.78. The van der Waals surface area contributed by atoms with Crippen LogP contribution in [0.15, 0.2) is 34.9 Å². The first-order valence-corrected chi connectivity index (χ1v) is 11.5. The Morgan fingerprint density at radius 2 is 1.91 bits per heavy atom. The van der Waals surface area contributed by atoms with Crippen LogP contribution in [-0.4, -0.2) is 20.7 Å². The molecule has 7 heteroatoms. The smallest absolute Gasteiger partial charge is 0.254 e. The highest BCUT2D eigenvalue weighted by molar-refractivity contribution is 5.87. The van der Waals surface area contributed by atoms with Crippen molar-refractivity contribution in [3.05, 3.63) is 58.8 Å². The third kappa shape index (κ3) is 3.36. The number of rotatable bonds is 7. The van der Waals surface area contributed by atoms with E-state index in [9.17, 15) is 4.79 Å². The van der Waals surface area contributed by atoms with Crippen LogP contribution in [0.1, 0.15) is 75.9 Å². The van der Waals surface area contributed by atoms with Crippen LogP contribution in [0.5, 0.6) is 0 Å². The Hall–Kier alpha value is -3.40. The molecule has 33 heavy (non-hydrogen) atoms. The van der Waals surface area contributed by atoms with Gasteiger partial charge in [-0.3, -0.25) is 9.48 Å². The Morgan fingerprint density at radius 3 is 2.48 bits per heavy atom. The SMILES string of the molecule is [C-]#[N+]c1c(-c2ccc(C(C)C(=O)Cc3cc(C45CC(C)(C4)C5)no3)cc2)nn(C(C)C)c1N. The highest BCUT2D eigenvalue weighted by Gasteiger charge is 2.66. The van der Waals surface area contributed by atoms with Gasteiger partial charge in [0.15, 0.2) is 0 Å². The van der Waals surface area contributed by atoms with E-state index in [4.69, 9.17) is 16.8 Å². The molecule has 2 N–H and O–H groups in total. The van der Waals surface area contributed by atoms with Crippen molar-refractivity contribution in [2.75, 3.05) is 5.73 Å². The molecule has 170 valence electrons. The van der Waals surface area contributed by atoms with Gasteiger partial charge in [0.1, 0.15) is 23.1 Å². The summed E-state index contributed by atoms with van der Waals surface area (Å²) in [5, 5.41) is 8.83. The minimum Gasteiger partial charge on any atom is -0.393 e. The van der Waals surface area contributed by atoms with Gasteiger partial charge in [-0.15, -0.1) is 0 Å². The number of carbonyl (C=O) groups is 1. The summed E-state index contributed by atoms with van der Waals surface area (Å²) in [5.41, 5.74) is 10.5. The number of aromatic nitrogens is 3. The van der Waals surface area contributed by atoms with Gasteiger partial charge in [-0.2, -0.15) is 5.10 Å². The summed E-state index contributed by atoms with van der Waals surface area (Å²) in [6, 6.07) is 9.68. The van der Waals surface area contributed by atoms with Crippen molar-refractivity contribution >= 4 is 17.3 Å². The van der Waals surface area contributed by atoms with Crippen LogP contribution in [0.2, 0.25) is 0 Å². The van der Waals surface area contributed by atoms with Crippen LogP contribution in [0.3, 0.4) is 0 Å². The van der Waals surface area contributed by atoms with Crippen LogP contribution < -0.4 is 5.73 Å². The minimum atomic E-state index is -0.278. The van der Waals surface area contributed by atoms with E-state index in [1.165, 1.54) is 19.3 Å². The summed E-state index contributed by atoms with van der Waals surface area (Å²) in [6.45, 7) is 15.7. The molecular formula is C26H29N5O2. The second-order valence-corrected chi connectivity index (χ2v) is 10.5. The van der Waals surface area contributed by atoms with Crippen molar-refractivity contribution in [2.45, 2.75) is 70.8 Å². The van der Waals surface area contributed by atoms with Crippen molar-refractivity contribution < 1.29 is 9.32 Å². The molecule has 2 aromatic heterocycles. The number of anilines is 1. The Bertz CT molecular complexity index is 1260. The summed E-state index contributed by atoms with van der Waals surface area (Å²) in [5.74, 6) is 0.831. The Balaban J connectivity index is 1.29. The van der Waals surface area contributed by atoms with Gasteiger partial charge in [-0.1, -0.05) is 43.3 Å². The van der Waals surface area contributed by atoms with Gasteiger partial charge < -0.3 is 10.3 Å². The monoisotopic (exact) mass is 443 g/mol. The average molecular weight is 444 g/mol. The Kier molecular flexibility index (Phi) is 4.75. The molecule has 3 aliphatic rings. The maximum absolute atomic E-state index is 12.9. The van der Waals surface area contributed by atoms with Crippen LogP contribution in [0, 0.1) is 12.0 Å². The van der Waals surface area contributed by atoms with Gasteiger partial charge >= 0.3 is 0 Å². The van der Waals surface area contributed by atoms with Gasteiger partial charge in [0.05, 0.1) is 18.7 Å². The van der Waals surface area contributed by atoms with E-state index in [0.717, 1.165) is 16.8 Å². The van der Waals surface area contributed by atoms with Crippen molar-refractivity contribution in [1.29, 1.82) is 0 Å². The second kappa shape index (κ2) is 7.31. The standard InChI is InChI=1S/C26H29N5O2/c1-15(2)31-24(27)23(28-5)22(29-31)18-8-6-17(7-9-18)16(3)20(32)10-19-11-21(30-33-19)26-12-25(4,13-26)14-26/h6-9,11,15-16H,10,12-14,27H2,1-4H3. The first-order valence-electron chi connectivity index (χ1n) is 11.5. The van der Waals surface area contributed by atoms with E-state index >= 15 is 0 Å². The predicted octanol–water partition coefficient (Wildman–Crippen LogP) is 5.61. The quantitative estimate of drug-likeness (QED) is 0.479. The molecule has 1 aromatic carbocycles. The number of hydrogen-bond donors (Lipinski definition) is 1. The lowest BCUT2D eigenvalue weighted by Gasteiger charge is -2.68. The zero-order chi connectivity index (χ0) is 23.5. The number of nitrogen functional groups attached to an aromatic ring is 1. The summed E-state index contributed by atoms with van der Waals surface area (Å²) < 4.78 is 7.18.